The maximum absolute atomic E-state index is 11.8. The third kappa shape index (κ3) is 3.72. The Morgan fingerprint density at radius 1 is 1.50 bits per heavy atom. The van der Waals surface area contributed by atoms with Gasteiger partial charge in [-0.2, -0.15) is 4.98 Å². The quantitative estimate of drug-likeness (QED) is 0.871. The lowest BCUT2D eigenvalue weighted by atomic mass is 10.2. The molecule has 0 radical (unpaired) electrons. The number of hydrogen-bond acceptors (Lipinski definition) is 7. The molecule has 2 aromatic heterocycles. The summed E-state index contributed by atoms with van der Waals surface area (Å²) in [5.41, 5.74) is 0. The molecule has 1 N–H and O–H groups in total. The van der Waals surface area contributed by atoms with Crippen LogP contribution in [0.25, 0.3) is 10.7 Å². The highest BCUT2D eigenvalue weighted by Gasteiger charge is 2.28. The molecule has 1 aliphatic heterocycles. The van der Waals surface area contributed by atoms with Gasteiger partial charge in [0.1, 0.15) is 0 Å². The molecule has 0 bridgehead atoms. The summed E-state index contributed by atoms with van der Waals surface area (Å²) in [6.45, 7) is 0. The summed E-state index contributed by atoms with van der Waals surface area (Å²) in [4.78, 5) is 17.0. The topological polar surface area (TPSA) is 102 Å². The Morgan fingerprint density at radius 2 is 2.36 bits per heavy atom. The number of sulfone groups is 1. The first-order valence-corrected chi connectivity index (χ1v) is 9.58. The van der Waals surface area contributed by atoms with E-state index in [1.54, 1.807) is 0 Å². The van der Waals surface area contributed by atoms with Crippen molar-refractivity contribution in [3.63, 3.8) is 0 Å². The number of aryl methyl sites for hydroxylation is 1. The van der Waals surface area contributed by atoms with Crippen LogP contribution in [-0.4, -0.2) is 42.0 Å². The second-order valence-electron chi connectivity index (χ2n) is 5.16. The van der Waals surface area contributed by atoms with Crippen LogP contribution in [0.3, 0.4) is 0 Å². The summed E-state index contributed by atoms with van der Waals surface area (Å²) in [6, 6.07) is 3.52. The van der Waals surface area contributed by atoms with Crippen molar-refractivity contribution in [2.45, 2.75) is 25.3 Å². The molecule has 2 aromatic rings. The van der Waals surface area contributed by atoms with Gasteiger partial charge in [-0.25, -0.2) is 8.42 Å². The predicted octanol–water partition coefficient (Wildman–Crippen LogP) is 1.03. The van der Waals surface area contributed by atoms with Crippen LogP contribution in [0.4, 0.5) is 0 Å². The van der Waals surface area contributed by atoms with Crippen molar-refractivity contribution < 1.29 is 17.7 Å². The average Bonchev–Trinajstić information content (AvgIpc) is 3.16. The van der Waals surface area contributed by atoms with E-state index in [-0.39, 0.29) is 29.9 Å². The fourth-order valence-electron chi connectivity index (χ4n) is 2.29. The Bertz CT molecular complexity index is 752. The van der Waals surface area contributed by atoms with Gasteiger partial charge in [0.25, 0.3) is 0 Å². The Hall–Kier alpha value is -1.74. The first-order valence-electron chi connectivity index (χ1n) is 6.88. The van der Waals surface area contributed by atoms with E-state index in [1.165, 1.54) is 11.3 Å². The minimum absolute atomic E-state index is 0.0296. The molecule has 1 fully saturated rings. The normalized spacial score (nSPS) is 20.1. The van der Waals surface area contributed by atoms with Gasteiger partial charge in [-0.15, -0.1) is 11.3 Å². The minimum atomic E-state index is -2.98. The van der Waals surface area contributed by atoms with Crippen molar-refractivity contribution in [1.29, 1.82) is 0 Å². The van der Waals surface area contributed by atoms with Crippen molar-refractivity contribution in [2.24, 2.45) is 0 Å². The molecule has 1 amide bonds. The SMILES string of the molecule is O=C(CCc1nc(-c2cccs2)no1)NC1CCS(=O)(=O)C1. The van der Waals surface area contributed by atoms with Gasteiger partial charge in [-0.3, -0.25) is 4.79 Å². The van der Waals surface area contributed by atoms with Crippen molar-refractivity contribution in [2.75, 3.05) is 11.5 Å². The highest BCUT2D eigenvalue weighted by Crippen LogP contribution is 2.21. The molecule has 1 saturated heterocycles. The molecular weight excluding hydrogens is 326 g/mol. The Balaban J connectivity index is 1.49. The molecule has 118 valence electrons. The third-order valence-electron chi connectivity index (χ3n) is 3.37. The fraction of sp³-hybridized carbons (Fsp3) is 0.462. The molecule has 3 rings (SSSR count). The summed E-state index contributed by atoms with van der Waals surface area (Å²) in [6.07, 6.45) is 1.02. The van der Waals surface area contributed by atoms with E-state index in [0.717, 1.165) is 4.88 Å². The van der Waals surface area contributed by atoms with Crippen LogP contribution in [0.15, 0.2) is 22.0 Å². The smallest absolute Gasteiger partial charge is 0.227 e. The van der Waals surface area contributed by atoms with E-state index in [4.69, 9.17) is 4.52 Å². The van der Waals surface area contributed by atoms with Gasteiger partial charge >= 0.3 is 0 Å². The van der Waals surface area contributed by atoms with Gasteiger partial charge in [0.05, 0.1) is 16.4 Å². The number of nitrogens with zero attached hydrogens (tertiary/aromatic N) is 2. The van der Waals surface area contributed by atoms with Crippen molar-refractivity contribution in [3.05, 3.63) is 23.4 Å². The second kappa shape index (κ2) is 6.17. The summed E-state index contributed by atoms with van der Waals surface area (Å²) >= 11 is 1.51. The molecule has 7 nitrogen and oxygen atoms in total. The largest absolute Gasteiger partial charge is 0.352 e. The van der Waals surface area contributed by atoms with Crippen LogP contribution in [0, 0.1) is 0 Å². The molecule has 1 unspecified atom stereocenters. The average molecular weight is 341 g/mol. The number of nitrogens with one attached hydrogen (secondary N) is 1. The van der Waals surface area contributed by atoms with Gasteiger partial charge < -0.3 is 9.84 Å². The van der Waals surface area contributed by atoms with E-state index in [2.05, 4.69) is 15.5 Å². The number of carbonyl (C=O) groups excluding carboxylic acids is 1. The lowest BCUT2D eigenvalue weighted by molar-refractivity contribution is -0.121. The first-order chi connectivity index (χ1) is 10.5. The van der Waals surface area contributed by atoms with E-state index < -0.39 is 9.84 Å². The highest BCUT2D eigenvalue weighted by atomic mass is 32.2. The van der Waals surface area contributed by atoms with Crippen LogP contribution in [0.1, 0.15) is 18.7 Å². The molecule has 1 aliphatic rings. The second-order valence-corrected chi connectivity index (χ2v) is 8.33. The molecule has 22 heavy (non-hydrogen) atoms. The van der Waals surface area contributed by atoms with Crippen LogP contribution >= 0.6 is 11.3 Å². The van der Waals surface area contributed by atoms with Crippen LogP contribution in [0.5, 0.6) is 0 Å². The third-order valence-corrected chi connectivity index (χ3v) is 6.01. The summed E-state index contributed by atoms with van der Waals surface area (Å²) in [7, 11) is -2.98. The zero-order valence-electron chi connectivity index (χ0n) is 11.7. The van der Waals surface area contributed by atoms with Crippen molar-refractivity contribution in [3.8, 4) is 10.7 Å². The van der Waals surface area contributed by atoms with E-state index in [0.29, 0.717) is 24.6 Å². The number of thiophene rings is 1. The maximum Gasteiger partial charge on any atom is 0.227 e. The molecule has 0 aliphatic carbocycles. The standard InChI is InChI=1S/C13H15N3O4S2/c17-11(14-9-5-7-22(18,19)8-9)3-4-12-15-13(16-20-12)10-2-1-6-21-10/h1-2,6,9H,3-5,7-8H2,(H,14,17). The maximum atomic E-state index is 11.8. The molecule has 0 aromatic carbocycles. The number of aromatic nitrogens is 2. The number of carbonyl (C=O) groups is 1. The lowest BCUT2D eigenvalue weighted by Gasteiger charge is -2.09. The van der Waals surface area contributed by atoms with Gasteiger partial charge in [0.2, 0.25) is 17.6 Å². The Labute approximate surface area is 131 Å². The van der Waals surface area contributed by atoms with Crippen LogP contribution < -0.4 is 5.32 Å². The van der Waals surface area contributed by atoms with E-state index in [1.807, 2.05) is 17.5 Å². The van der Waals surface area contributed by atoms with Gasteiger partial charge in [-0.1, -0.05) is 11.2 Å². The summed E-state index contributed by atoms with van der Waals surface area (Å²) < 4.78 is 27.8. The molecular formula is C13H15N3O4S2. The fourth-order valence-corrected chi connectivity index (χ4v) is 4.61. The number of hydrogen-bond donors (Lipinski definition) is 1. The summed E-state index contributed by atoms with van der Waals surface area (Å²) in [5, 5.41) is 8.53. The van der Waals surface area contributed by atoms with E-state index in [9.17, 15) is 13.2 Å². The molecule has 1 atom stereocenters. The summed E-state index contributed by atoms with van der Waals surface area (Å²) in [5.74, 6) is 0.899. The van der Waals surface area contributed by atoms with Gasteiger partial charge in [0.15, 0.2) is 9.84 Å². The first kappa shape index (κ1) is 15.2. The Kier molecular flexibility index (Phi) is 4.25. The zero-order chi connectivity index (χ0) is 15.6. The van der Waals surface area contributed by atoms with Gasteiger partial charge in [-0.05, 0) is 17.9 Å². The van der Waals surface area contributed by atoms with Crippen LogP contribution in [0.2, 0.25) is 0 Å². The van der Waals surface area contributed by atoms with Crippen molar-refractivity contribution in [1.82, 2.24) is 15.5 Å². The highest BCUT2D eigenvalue weighted by molar-refractivity contribution is 7.91. The predicted molar refractivity (Wildman–Crippen MR) is 81.1 cm³/mol. The molecule has 0 spiro atoms. The van der Waals surface area contributed by atoms with E-state index >= 15 is 0 Å². The molecule has 0 saturated carbocycles. The lowest BCUT2D eigenvalue weighted by Crippen LogP contribution is -2.35. The zero-order valence-corrected chi connectivity index (χ0v) is 13.3. The number of amides is 1. The Morgan fingerprint density at radius 3 is 3.05 bits per heavy atom. The number of rotatable bonds is 5. The van der Waals surface area contributed by atoms with Gasteiger partial charge in [0, 0.05) is 18.9 Å². The van der Waals surface area contributed by atoms with Crippen molar-refractivity contribution >= 4 is 27.1 Å². The minimum Gasteiger partial charge on any atom is -0.352 e. The monoisotopic (exact) mass is 341 g/mol. The van der Waals surface area contributed by atoms with Crippen LogP contribution in [-0.2, 0) is 21.1 Å². The molecule has 3 heterocycles. The molecule has 9 heteroatoms.